The van der Waals surface area contributed by atoms with Crippen LogP contribution in [-0.4, -0.2) is 25.3 Å². The zero-order valence-corrected chi connectivity index (χ0v) is 7.41. The predicted molar refractivity (Wildman–Crippen MR) is 47.9 cm³/mol. The number of esters is 1. The van der Waals surface area contributed by atoms with E-state index in [4.69, 9.17) is 10.5 Å². The molecule has 2 N–H and O–H groups in total. The largest absolute Gasteiger partial charge is 0.462 e. The Labute approximate surface area is 72.1 Å². The third kappa shape index (κ3) is 3.75. The quantitative estimate of drug-likeness (QED) is 0.379. The van der Waals surface area contributed by atoms with Crippen LogP contribution in [0.15, 0.2) is 16.8 Å². The molecule has 0 aliphatic heterocycles. The maximum Gasteiger partial charge on any atom is 0.341 e. The first-order chi connectivity index (χ1) is 5.76. The molecule has 12 heavy (non-hydrogen) atoms. The summed E-state index contributed by atoms with van der Waals surface area (Å²) in [5.41, 5.74) is 5.48. The summed E-state index contributed by atoms with van der Waals surface area (Å²) in [6.45, 7) is 4.58. The van der Waals surface area contributed by atoms with E-state index < -0.39 is 5.97 Å². The van der Waals surface area contributed by atoms with Crippen molar-refractivity contribution >= 4 is 12.2 Å². The molecule has 0 saturated carbocycles. The van der Waals surface area contributed by atoms with Crippen molar-refractivity contribution in [1.29, 1.82) is 0 Å². The van der Waals surface area contributed by atoms with E-state index in [0.717, 1.165) is 0 Å². The molecule has 0 aliphatic rings. The lowest BCUT2D eigenvalue weighted by Crippen LogP contribution is -2.10. The van der Waals surface area contributed by atoms with Gasteiger partial charge < -0.3 is 10.5 Å². The van der Waals surface area contributed by atoms with Gasteiger partial charge in [0.05, 0.1) is 12.2 Å². The molecule has 0 amide bonds. The molecule has 0 heterocycles. The maximum absolute atomic E-state index is 11.0. The lowest BCUT2D eigenvalue weighted by molar-refractivity contribution is -0.137. The third-order valence-electron chi connectivity index (χ3n) is 1.10. The lowest BCUT2D eigenvalue weighted by Gasteiger charge is -1.99. The highest BCUT2D eigenvalue weighted by Crippen LogP contribution is 1.92. The van der Waals surface area contributed by atoms with Gasteiger partial charge in [-0.15, -0.1) is 0 Å². The van der Waals surface area contributed by atoms with Crippen LogP contribution in [0.25, 0.3) is 0 Å². The average molecular weight is 170 g/mol. The summed E-state index contributed by atoms with van der Waals surface area (Å²) in [7, 11) is 0. The van der Waals surface area contributed by atoms with Crippen LogP contribution in [0.5, 0.6) is 0 Å². The van der Waals surface area contributed by atoms with Gasteiger partial charge in [0.1, 0.15) is 0 Å². The monoisotopic (exact) mass is 170 g/mol. The molecule has 0 spiro atoms. The second kappa shape index (κ2) is 6.39. The molecular weight excluding hydrogens is 156 g/mol. The Hall–Kier alpha value is -1.32. The van der Waals surface area contributed by atoms with E-state index in [2.05, 4.69) is 4.99 Å². The Morgan fingerprint density at radius 2 is 2.25 bits per heavy atom. The van der Waals surface area contributed by atoms with Crippen molar-refractivity contribution in [3.63, 3.8) is 0 Å². The normalized spacial score (nSPS) is 12.0. The lowest BCUT2D eigenvalue weighted by atomic mass is 10.3. The van der Waals surface area contributed by atoms with Gasteiger partial charge in [-0.25, -0.2) is 4.79 Å². The van der Waals surface area contributed by atoms with Crippen LogP contribution < -0.4 is 5.73 Å². The van der Waals surface area contributed by atoms with E-state index in [1.54, 1.807) is 6.92 Å². The van der Waals surface area contributed by atoms with E-state index in [0.29, 0.717) is 18.7 Å². The molecule has 4 nitrogen and oxygen atoms in total. The van der Waals surface area contributed by atoms with Gasteiger partial charge in [-0.05, 0) is 13.8 Å². The molecule has 0 aromatic heterocycles. The summed E-state index contributed by atoms with van der Waals surface area (Å²) in [6, 6.07) is 0. The standard InChI is InChI=1S/C8H14N2O2/c1-3-10-6-7(5-9)8(11)12-4-2/h5-6H,3-4,9H2,1-2H3/b7-5+,10-6?. The van der Waals surface area contributed by atoms with Gasteiger partial charge in [-0.1, -0.05) is 0 Å². The molecule has 0 fully saturated rings. The van der Waals surface area contributed by atoms with Gasteiger partial charge >= 0.3 is 5.97 Å². The molecule has 0 unspecified atom stereocenters. The number of carbonyl (C=O) groups excluding carboxylic acids is 1. The van der Waals surface area contributed by atoms with Crippen LogP contribution in [0.1, 0.15) is 13.8 Å². The zero-order valence-electron chi connectivity index (χ0n) is 7.41. The van der Waals surface area contributed by atoms with Crippen LogP contribution in [0.2, 0.25) is 0 Å². The van der Waals surface area contributed by atoms with E-state index >= 15 is 0 Å². The molecule has 0 aliphatic carbocycles. The Bertz CT molecular complexity index is 197. The number of hydrogen-bond acceptors (Lipinski definition) is 4. The molecule has 0 saturated heterocycles. The topological polar surface area (TPSA) is 64.7 Å². The molecule has 68 valence electrons. The highest BCUT2D eigenvalue weighted by molar-refractivity contribution is 6.09. The van der Waals surface area contributed by atoms with Crippen LogP contribution in [0.3, 0.4) is 0 Å². The van der Waals surface area contributed by atoms with Crippen LogP contribution >= 0.6 is 0 Å². The molecular formula is C8H14N2O2. The molecule has 0 rings (SSSR count). The van der Waals surface area contributed by atoms with Crippen molar-refractivity contribution in [2.75, 3.05) is 13.2 Å². The number of hydrogen-bond donors (Lipinski definition) is 1. The Kier molecular flexibility index (Phi) is 5.69. The first-order valence-electron chi connectivity index (χ1n) is 3.85. The van der Waals surface area contributed by atoms with E-state index in [9.17, 15) is 4.79 Å². The first kappa shape index (κ1) is 10.7. The summed E-state index contributed by atoms with van der Waals surface area (Å²) in [5, 5.41) is 0. The minimum absolute atomic E-state index is 0.290. The van der Waals surface area contributed by atoms with Crippen LogP contribution in [0.4, 0.5) is 0 Å². The Morgan fingerprint density at radius 3 is 2.67 bits per heavy atom. The first-order valence-corrected chi connectivity index (χ1v) is 3.85. The third-order valence-corrected chi connectivity index (χ3v) is 1.10. The van der Waals surface area contributed by atoms with Crippen LogP contribution in [0, 0.1) is 0 Å². The molecule has 0 radical (unpaired) electrons. The van der Waals surface area contributed by atoms with Gasteiger partial charge in [0, 0.05) is 19.0 Å². The van der Waals surface area contributed by atoms with Gasteiger partial charge in [0.2, 0.25) is 0 Å². The maximum atomic E-state index is 11.0. The minimum atomic E-state index is -0.433. The molecule has 0 aromatic rings. The van der Waals surface area contributed by atoms with Crippen molar-refractivity contribution in [1.82, 2.24) is 0 Å². The molecule has 0 bridgehead atoms. The zero-order chi connectivity index (χ0) is 9.40. The van der Waals surface area contributed by atoms with Crippen molar-refractivity contribution < 1.29 is 9.53 Å². The van der Waals surface area contributed by atoms with Crippen molar-refractivity contribution in [3.8, 4) is 0 Å². The fourth-order valence-electron chi connectivity index (χ4n) is 0.568. The second-order valence-electron chi connectivity index (χ2n) is 1.97. The molecule has 0 aromatic carbocycles. The second-order valence-corrected chi connectivity index (χ2v) is 1.97. The van der Waals surface area contributed by atoms with Gasteiger partial charge in [0.15, 0.2) is 0 Å². The smallest absolute Gasteiger partial charge is 0.341 e. The van der Waals surface area contributed by atoms with E-state index in [1.165, 1.54) is 12.4 Å². The number of rotatable bonds is 4. The SMILES string of the molecule is CCN=C/C(=C\N)C(=O)OCC. The summed E-state index contributed by atoms with van der Waals surface area (Å²) >= 11 is 0. The van der Waals surface area contributed by atoms with Gasteiger partial charge in [0.25, 0.3) is 0 Å². The Balaban J connectivity index is 4.17. The summed E-state index contributed by atoms with van der Waals surface area (Å²) in [4.78, 5) is 14.9. The predicted octanol–water partition coefficient (Wildman–Crippen LogP) is 0.483. The number of carbonyl (C=O) groups is 1. The van der Waals surface area contributed by atoms with E-state index in [1.807, 2.05) is 6.92 Å². The summed E-state index contributed by atoms with van der Waals surface area (Å²) < 4.78 is 4.71. The summed E-state index contributed by atoms with van der Waals surface area (Å²) in [5.74, 6) is -0.433. The van der Waals surface area contributed by atoms with Crippen molar-refractivity contribution in [3.05, 3.63) is 11.8 Å². The van der Waals surface area contributed by atoms with E-state index in [-0.39, 0.29) is 0 Å². The molecule has 4 heteroatoms. The number of nitrogens with zero attached hydrogens (tertiary/aromatic N) is 1. The summed E-state index contributed by atoms with van der Waals surface area (Å²) in [6.07, 6.45) is 2.61. The number of nitrogens with two attached hydrogens (primary N) is 1. The van der Waals surface area contributed by atoms with Crippen molar-refractivity contribution in [2.45, 2.75) is 13.8 Å². The number of aliphatic imine (C=N–C) groups is 1. The van der Waals surface area contributed by atoms with Crippen LogP contribution in [-0.2, 0) is 9.53 Å². The Morgan fingerprint density at radius 1 is 1.58 bits per heavy atom. The highest BCUT2D eigenvalue weighted by atomic mass is 16.5. The fraction of sp³-hybridized carbons (Fsp3) is 0.500. The molecule has 0 atom stereocenters. The fourth-order valence-corrected chi connectivity index (χ4v) is 0.568. The van der Waals surface area contributed by atoms with Crippen molar-refractivity contribution in [2.24, 2.45) is 10.7 Å². The van der Waals surface area contributed by atoms with Gasteiger partial charge in [-0.3, -0.25) is 4.99 Å². The number of ether oxygens (including phenoxy) is 1. The minimum Gasteiger partial charge on any atom is -0.462 e. The van der Waals surface area contributed by atoms with Gasteiger partial charge in [-0.2, -0.15) is 0 Å². The average Bonchev–Trinajstić information content (AvgIpc) is 2.06. The highest BCUT2D eigenvalue weighted by Gasteiger charge is 2.05.